The highest BCUT2D eigenvalue weighted by Crippen LogP contribution is 2.44. The molecule has 0 fully saturated rings. The lowest BCUT2D eigenvalue weighted by Gasteiger charge is -2.22. The molecule has 1 aliphatic carbocycles. The van der Waals surface area contributed by atoms with Crippen LogP contribution in [-0.2, 0) is 27.9 Å². The average molecular weight is 555 g/mol. The van der Waals surface area contributed by atoms with Gasteiger partial charge in [-0.1, -0.05) is 78.9 Å². The Morgan fingerprint density at radius 3 is 2.20 bits per heavy atom. The first-order chi connectivity index (χ1) is 19.8. The van der Waals surface area contributed by atoms with Crippen molar-refractivity contribution in [2.75, 3.05) is 11.9 Å². The summed E-state index contributed by atoms with van der Waals surface area (Å²) in [5, 5.41) is 18.9. The molecule has 0 radical (unpaired) electrons. The van der Waals surface area contributed by atoms with E-state index < -0.39 is 30.1 Å². The Balaban J connectivity index is 1.23. The molecular formula is C31H30N4O6. The van der Waals surface area contributed by atoms with Gasteiger partial charge in [0.1, 0.15) is 12.2 Å². The summed E-state index contributed by atoms with van der Waals surface area (Å²) in [4.78, 5) is 37.9. The van der Waals surface area contributed by atoms with Crippen LogP contribution in [0.3, 0.4) is 0 Å². The van der Waals surface area contributed by atoms with Crippen molar-refractivity contribution in [2.24, 2.45) is 7.05 Å². The summed E-state index contributed by atoms with van der Waals surface area (Å²) in [5.74, 6) is -2.17. The van der Waals surface area contributed by atoms with E-state index in [1.54, 1.807) is 14.0 Å². The predicted octanol–water partition coefficient (Wildman–Crippen LogP) is 4.57. The first-order valence-corrected chi connectivity index (χ1v) is 13.2. The molecule has 1 heterocycles. The number of carboxylic acids is 1. The number of hydrogen-bond donors (Lipinski definition) is 3. The Bertz CT molecular complexity index is 1520. The fourth-order valence-electron chi connectivity index (χ4n) is 4.98. The highest BCUT2D eigenvalue weighted by Gasteiger charge is 2.31. The second-order valence-electron chi connectivity index (χ2n) is 9.81. The standard InChI is InChI=1S/C31H30N4O6/c1-19(40-17-20-10-4-3-5-11-20)27(30(37)38)32-29(36)25-16-35(2)34-28(25)33-31(39)41-18-26-23-14-8-6-12-21(23)22-13-7-9-15-24(22)26/h3-16,19,26-27H,17-18H2,1-2H3,(H,32,36)(H,37,38)(H,33,34,39). The zero-order valence-corrected chi connectivity index (χ0v) is 22.6. The van der Waals surface area contributed by atoms with Gasteiger partial charge in [0.15, 0.2) is 11.9 Å². The van der Waals surface area contributed by atoms with Crippen molar-refractivity contribution >= 4 is 23.8 Å². The van der Waals surface area contributed by atoms with Gasteiger partial charge in [-0.3, -0.25) is 14.8 Å². The first-order valence-electron chi connectivity index (χ1n) is 13.2. The predicted molar refractivity (Wildman–Crippen MR) is 151 cm³/mol. The third kappa shape index (κ3) is 6.12. The summed E-state index contributed by atoms with van der Waals surface area (Å²) in [6, 6.07) is 23.9. The van der Waals surface area contributed by atoms with Gasteiger partial charge in [0.05, 0.1) is 12.7 Å². The number of rotatable bonds is 10. The summed E-state index contributed by atoms with van der Waals surface area (Å²) in [6.07, 6.45) is -0.233. The molecule has 1 aliphatic rings. The number of nitrogens with one attached hydrogen (secondary N) is 2. The Labute approximate surface area is 236 Å². The van der Waals surface area contributed by atoms with Crippen LogP contribution in [0.15, 0.2) is 85.1 Å². The smallest absolute Gasteiger partial charge is 0.412 e. The highest BCUT2D eigenvalue weighted by molar-refractivity contribution is 6.02. The van der Waals surface area contributed by atoms with Crippen molar-refractivity contribution in [1.29, 1.82) is 0 Å². The molecule has 2 amide bonds. The zero-order valence-electron chi connectivity index (χ0n) is 22.6. The molecule has 5 rings (SSSR count). The summed E-state index contributed by atoms with van der Waals surface area (Å²) < 4.78 is 12.6. The summed E-state index contributed by atoms with van der Waals surface area (Å²) in [6.45, 7) is 1.84. The third-order valence-electron chi connectivity index (χ3n) is 7.02. The molecule has 0 saturated carbocycles. The number of hydrogen-bond acceptors (Lipinski definition) is 6. The number of benzene rings is 3. The Morgan fingerprint density at radius 1 is 0.951 bits per heavy atom. The molecule has 0 spiro atoms. The number of nitrogens with zero attached hydrogens (tertiary/aromatic N) is 2. The molecular weight excluding hydrogens is 524 g/mol. The topological polar surface area (TPSA) is 132 Å². The van der Waals surface area contributed by atoms with Crippen LogP contribution in [0.25, 0.3) is 11.1 Å². The summed E-state index contributed by atoms with van der Waals surface area (Å²) >= 11 is 0. The molecule has 2 atom stereocenters. The van der Waals surface area contributed by atoms with Crippen LogP contribution in [0.5, 0.6) is 0 Å². The van der Waals surface area contributed by atoms with Crippen LogP contribution in [0.2, 0.25) is 0 Å². The van der Waals surface area contributed by atoms with Crippen molar-refractivity contribution < 1.29 is 29.0 Å². The van der Waals surface area contributed by atoms with Crippen LogP contribution in [-0.4, -0.2) is 51.6 Å². The molecule has 0 aliphatic heterocycles. The molecule has 2 unspecified atom stereocenters. The van der Waals surface area contributed by atoms with E-state index >= 15 is 0 Å². The highest BCUT2D eigenvalue weighted by atomic mass is 16.5. The van der Waals surface area contributed by atoms with Crippen LogP contribution in [0, 0.1) is 0 Å². The first kappa shape index (κ1) is 27.6. The maximum atomic E-state index is 13.1. The van der Waals surface area contributed by atoms with Crippen LogP contribution in [0.1, 0.15) is 39.9 Å². The van der Waals surface area contributed by atoms with Gasteiger partial charge >= 0.3 is 12.1 Å². The van der Waals surface area contributed by atoms with Gasteiger partial charge < -0.3 is 19.9 Å². The molecule has 3 N–H and O–H groups in total. The Kier molecular flexibility index (Phi) is 8.11. The van der Waals surface area contributed by atoms with E-state index in [9.17, 15) is 19.5 Å². The lowest BCUT2D eigenvalue weighted by atomic mass is 9.98. The van der Waals surface area contributed by atoms with Gasteiger partial charge in [-0.05, 0) is 34.7 Å². The van der Waals surface area contributed by atoms with Gasteiger partial charge in [-0.15, -0.1) is 0 Å². The van der Waals surface area contributed by atoms with Gasteiger partial charge in [-0.25, -0.2) is 9.59 Å². The number of aryl methyl sites for hydroxylation is 1. The average Bonchev–Trinajstić information content (AvgIpc) is 3.50. The molecule has 0 bridgehead atoms. The maximum Gasteiger partial charge on any atom is 0.412 e. The molecule has 41 heavy (non-hydrogen) atoms. The number of aliphatic carboxylic acids is 1. The van der Waals surface area contributed by atoms with Crippen molar-refractivity contribution in [3.8, 4) is 11.1 Å². The minimum atomic E-state index is -1.34. The normalized spacial score (nSPS) is 13.5. The number of carbonyl (C=O) groups is 3. The second-order valence-corrected chi connectivity index (χ2v) is 9.81. The monoisotopic (exact) mass is 554 g/mol. The van der Waals surface area contributed by atoms with E-state index in [0.29, 0.717) is 0 Å². The summed E-state index contributed by atoms with van der Waals surface area (Å²) in [5.41, 5.74) is 5.22. The van der Waals surface area contributed by atoms with Crippen LogP contribution < -0.4 is 10.6 Å². The molecule has 210 valence electrons. The largest absolute Gasteiger partial charge is 0.480 e. The molecule has 4 aromatic rings. The number of amides is 2. The van der Waals surface area contributed by atoms with E-state index in [-0.39, 0.29) is 30.5 Å². The van der Waals surface area contributed by atoms with Crippen LogP contribution in [0.4, 0.5) is 10.6 Å². The van der Waals surface area contributed by atoms with Crippen molar-refractivity contribution in [3.63, 3.8) is 0 Å². The maximum absolute atomic E-state index is 13.1. The molecule has 1 aromatic heterocycles. The lowest BCUT2D eigenvalue weighted by Crippen LogP contribution is -2.48. The molecule has 3 aromatic carbocycles. The lowest BCUT2D eigenvalue weighted by molar-refractivity contribution is -0.143. The van der Waals surface area contributed by atoms with E-state index in [2.05, 4.69) is 15.7 Å². The zero-order chi connectivity index (χ0) is 28.9. The van der Waals surface area contributed by atoms with Gasteiger partial charge in [0, 0.05) is 19.2 Å². The number of fused-ring (bicyclic) bond motifs is 3. The fourth-order valence-corrected chi connectivity index (χ4v) is 4.98. The molecule has 0 saturated heterocycles. The van der Waals surface area contributed by atoms with Crippen molar-refractivity contribution in [2.45, 2.75) is 31.6 Å². The Hall–Kier alpha value is -4.96. The van der Waals surface area contributed by atoms with Gasteiger partial charge in [0.2, 0.25) is 0 Å². The van der Waals surface area contributed by atoms with E-state index in [4.69, 9.17) is 9.47 Å². The number of ether oxygens (including phenoxy) is 2. The van der Waals surface area contributed by atoms with Crippen molar-refractivity contribution in [3.05, 3.63) is 107 Å². The number of carbonyl (C=O) groups excluding carboxylic acids is 2. The fraction of sp³-hybridized carbons (Fsp3) is 0.226. The number of anilines is 1. The summed E-state index contributed by atoms with van der Waals surface area (Å²) in [7, 11) is 1.58. The molecule has 10 nitrogen and oxygen atoms in total. The SMILES string of the molecule is CC(OCc1ccccc1)C(NC(=O)c1cn(C)nc1NC(=O)OCC1c2ccccc2-c2ccccc21)C(=O)O. The number of carboxylic acid groups (broad SMARTS) is 1. The van der Waals surface area contributed by atoms with Crippen LogP contribution >= 0.6 is 0 Å². The Morgan fingerprint density at radius 2 is 1.56 bits per heavy atom. The van der Waals surface area contributed by atoms with Gasteiger partial charge in [-0.2, -0.15) is 5.10 Å². The van der Waals surface area contributed by atoms with E-state index in [1.165, 1.54) is 10.9 Å². The molecule has 10 heteroatoms. The van der Waals surface area contributed by atoms with E-state index in [0.717, 1.165) is 27.8 Å². The third-order valence-corrected chi connectivity index (χ3v) is 7.02. The second kappa shape index (κ2) is 12.1. The minimum Gasteiger partial charge on any atom is -0.480 e. The quantitative estimate of drug-likeness (QED) is 0.262. The minimum absolute atomic E-state index is 0.0116. The number of aromatic nitrogens is 2. The van der Waals surface area contributed by atoms with E-state index in [1.807, 2.05) is 78.9 Å². The van der Waals surface area contributed by atoms with Crippen molar-refractivity contribution in [1.82, 2.24) is 15.1 Å². The van der Waals surface area contributed by atoms with Gasteiger partial charge in [0.25, 0.3) is 5.91 Å².